The molecule has 1 aromatic carbocycles. The Morgan fingerprint density at radius 3 is 3.05 bits per heavy atom. The third-order valence-corrected chi connectivity index (χ3v) is 3.03. The summed E-state index contributed by atoms with van der Waals surface area (Å²) in [4.78, 5) is 19.4. The summed E-state index contributed by atoms with van der Waals surface area (Å²) in [6.07, 6.45) is 3.24. The number of fused-ring (bicyclic) bond motifs is 1. The molecule has 96 valence electrons. The number of H-pyrrole nitrogens is 2. The van der Waals surface area contributed by atoms with Gasteiger partial charge < -0.3 is 10.3 Å². The maximum Gasteiger partial charge on any atom is 0.252 e. The average molecular weight is 255 g/mol. The summed E-state index contributed by atoms with van der Waals surface area (Å²) in [5.74, 6) is 0.503. The highest BCUT2D eigenvalue weighted by molar-refractivity contribution is 6.06. The predicted octanol–water partition coefficient (Wildman–Crippen LogP) is 1.78. The molecule has 3 rings (SSSR count). The number of hydrogen-bond donors (Lipinski definition) is 3. The molecule has 3 N–H and O–H groups in total. The van der Waals surface area contributed by atoms with E-state index in [4.69, 9.17) is 0 Å². The number of aromatic nitrogens is 4. The summed E-state index contributed by atoms with van der Waals surface area (Å²) in [6.45, 7) is 1.86. The molecule has 6 nitrogen and oxygen atoms in total. The summed E-state index contributed by atoms with van der Waals surface area (Å²) >= 11 is 0. The molecule has 3 aromatic rings. The van der Waals surface area contributed by atoms with Crippen LogP contribution < -0.4 is 5.32 Å². The van der Waals surface area contributed by atoms with E-state index in [-0.39, 0.29) is 11.9 Å². The van der Waals surface area contributed by atoms with Crippen LogP contribution in [0.5, 0.6) is 0 Å². The second-order valence-electron chi connectivity index (χ2n) is 4.31. The lowest BCUT2D eigenvalue weighted by molar-refractivity contribution is 0.0940. The van der Waals surface area contributed by atoms with Crippen LogP contribution in [0.4, 0.5) is 0 Å². The summed E-state index contributed by atoms with van der Waals surface area (Å²) in [5, 5.41) is 10.3. The van der Waals surface area contributed by atoms with Crippen molar-refractivity contribution in [3.8, 4) is 0 Å². The second-order valence-corrected chi connectivity index (χ2v) is 4.31. The summed E-state index contributed by atoms with van der Waals surface area (Å²) < 4.78 is 0. The highest BCUT2D eigenvalue weighted by atomic mass is 16.1. The van der Waals surface area contributed by atoms with Gasteiger partial charge in [-0.05, 0) is 25.1 Å². The molecule has 0 aliphatic heterocycles. The fourth-order valence-corrected chi connectivity index (χ4v) is 2.05. The van der Waals surface area contributed by atoms with Crippen molar-refractivity contribution in [2.75, 3.05) is 0 Å². The van der Waals surface area contributed by atoms with Crippen molar-refractivity contribution in [2.45, 2.75) is 13.0 Å². The monoisotopic (exact) mass is 255 g/mol. The first-order chi connectivity index (χ1) is 9.25. The highest BCUT2D eigenvalue weighted by Crippen LogP contribution is 2.18. The fraction of sp³-hybridized carbons (Fsp3) is 0.154. The van der Waals surface area contributed by atoms with E-state index < -0.39 is 0 Å². The van der Waals surface area contributed by atoms with E-state index in [2.05, 4.69) is 25.5 Å². The average Bonchev–Trinajstić information content (AvgIpc) is 3.08. The van der Waals surface area contributed by atoms with Gasteiger partial charge in [-0.25, -0.2) is 4.98 Å². The van der Waals surface area contributed by atoms with E-state index in [1.807, 2.05) is 31.3 Å². The molecule has 2 aromatic heterocycles. The van der Waals surface area contributed by atoms with Gasteiger partial charge in [-0.3, -0.25) is 9.89 Å². The minimum absolute atomic E-state index is 0.130. The summed E-state index contributed by atoms with van der Waals surface area (Å²) in [7, 11) is 0. The van der Waals surface area contributed by atoms with Crippen LogP contribution in [0.1, 0.15) is 29.1 Å². The molecule has 0 saturated heterocycles. The quantitative estimate of drug-likeness (QED) is 0.666. The van der Waals surface area contributed by atoms with Gasteiger partial charge in [-0.2, -0.15) is 5.10 Å². The van der Waals surface area contributed by atoms with Crippen molar-refractivity contribution >= 4 is 16.8 Å². The molecule has 0 bridgehead atoms. The van der Waals surface area contributed by atoms with Gasteiger partial charge in [0.2, 0.25) is 0 Å². The van der Waals surface area contributed by atoms with Crippen LogP contribution >= 0.6 is 0 Å². The SMILES string of the molecule is CC(NC(=O)c1cccc2[nH]ccc12)c1ncn[nH]1. The molecule has 1 atom stereocenters. The fourth-order valence-electron chi connectivity index (χ4n) is 2.05. The predicted molar refractivity (Wildman–Crippen MR) is 70.6 cm³/mol. The number of benzene rings is 1. The van der Waals surface area contributed by atoms with Gasteiger partial charge in [0.25, 0.3) is 5.91 Å². The Labute approximate surface area is 109 Å². The molecular weight excluding hydrogens is 242 g/mol. The summed E-state index contributed by atoms with van der Waals surface area (Å²) in [6, 6.07) is 7.27. The number of carbonyl (C=O) groups is 1. The van der Waals surface area contributed by atoms with Crippen LogP contribution in [0.15, 0.2) is 36.8 Å². The molecule has 2 heterocycles. The van der Waals surface area contributed by atoms with Gasteiger partial charge in [0, 0.05) is 22.7 Å². The Morgan fingerprint density at radius 2 is 2.26 bits per heavy atom. The maximum absolute atomic E-state index is 12.3. The van der Waals surface area contributed by atoms with Crippen LogP contribution in [-0.2, 0) is 0 Å². The molecule has 1 amide bonds. The first-order valence-corrected chi connectivity index (χ1v) is 5.98. The number of amides is 1. The topological polar surface area (TPSA) is 86.5 Å². The van der Waals surface area contributed by atoms with Crippen LogP contribution in [0.3, 0.4) is 0 Å². The highest BCUT2D eigenvalue weighted by Gasteiger charge is 2.15. The maximum atomic E-state index is 12.3. The van der Waals surface area contributed by atoms with Crippen LogP contribution in [-0.4, -0.2) is 26.1 Å². The van der Waals surface area contributed by atoms with Gasteiger partial charge in [0.1, 0.15) is 12.2 Å². The van der Waals surface area contributed by atoms with Gasteiger partial charge >= 0.3 is 0 Å². The van der Waals surface area contributed by atoms with Crippen molar-refractivity contribution in [2.24, 2.45) is 0 Å². The third-order valence-electron chi connectivity index (χ3n) is 3.03. The molecule has 0 aliphatic rings. The zero-order chi connectivity index (χ0) is 13.2. The Balaban J connectivity index is 1.86. The molecule has 6 heteroatoms. The normalized spacial score (nSPS) is 12.5. The Bertz CT molecular complexity index is 701. The van der Waals surface area contributed by atoms with Crippen molar-refractivity contribution in [3.63, 3.8) is 0 Å². The minimum Gasteiger partial charge on any atom is -0.361 e. The summed E-state index contributed by atoms with van der Waals surface area (Å²) in [5.41, 5.74) is 1.59. The van der Waals surface area contributed by atoms with Crippen molar-refractivity contribution in [1.82, 2.24) is 25.5 Å². The lowest BCUT2D eigenvalue weighted by atomic mass is 10.1. The molecule has 1 unspecified atom stereocenters. The lowest BCUT2D eigenvalue weighted by Crippen LogP contribution is -2.27. The molecule has 0 saturated carbocycles. The molecular formula is C13H13N5O. The largest absolute Gasteiger partial charge is 0.361 e. The second kappa shape index (κ2) is 4.56. The third kappa shape index (κ3) is 2.08. The minimum atomic E-state index is -0.218. The van der Waals surface area contributed by atoms with Gasteiger partial charge in [-0.1, -0.05) is 6.07 Å². The van der Waals surface area contributed by atoms with Crippen LogP contribution in [0, 0.1) is 0 Å². The standard InChI is InChI=1S/C13H13N5O/c1-8(12-15-7-16-18-12)17-13(19)10-3-2-4-11-9(10)5-6-14-11/h2-8,14H,1H3,(H,17,19)(H,15,16,18). The zero-order valence-electron chi connectivity index (χ0n) is 10.3. The first-order valence-electron chi connectivity index (χ1n) is 5.98. The van der Waals surface area contributed by atoms with Gasteiger partial charge in [0.05, 0.1) is 6.04 Å². The lowest BCUT2D eigenvalue weighted by Gasteiger charge is -2.11. The Hall–Kier alpha value is -2.63. The Morgan fingerprint density at radius 1 is 1.37 bits per heavy atom. The van der Waals surface area contributed by atoms with Crippen molar-refractivity contribution < 1.29 is 4.79 Å². The van der Waals surface area contributed by atoms with Crippen molar-refractivity contribution in [1.29, 1.82) is 0 Å². The number of hydrogen-bond acceptors (Lipinski definition) is 3. The number of rotatable bonds is 3. The van der Waals surface area contributed by atoms with E-state index in [9.17, 15) is 4.79 Å². The van der Waals surface area contributed by atoms with E-state index in [0.717, 1.165) is 10.9 Å². The first kappa shape index (κ1) is 11.5. The van der Waals surface area contributed by atoms with E-state index in [1.54, 1.807) is 6.07 Å². The van der Waals surface area contributed by atoms with E-state index in [0.29, 0.717) is 11.4 Å². The molecule has 19 heavy (non-hydrogen) atoms. The van der Waals surface area contributed by atoms with Gasteiger partial charge in [-0.15, -0.1) is 0 Å². The van der Waals surface area contributed by atoms with Gasteiger partial charge in [0.15, 0.2) is 0 Å². The van der Waals surface area contributed by atoms with Crippen molar-refractivity contribution in [3.05, 3.63) is 48.2 Å². The number of aromatic amines is 2. The van der Waals surface area contributed by atoms with E-state index >= 15 is 0 Å². The number of nitrogens with zero attached hydrogens (tertiary/aromatic N) is 2. The molecule has 0 fully saturated rings. The Kier molecular flexibility index (Phi) is 2.75. The van der Waals surface area contributed by atoms with Crippen LogP contribution in [0.2, 0.25) is 0 Å². The molecule has 0 aliphatic carbocycles. The van der Waals surface area contributed by atoms with Crippen LogP contribution in [0.25, 0.3) is 10.9 Å². The zero-order valence-corrected chi connectivity index (χ0v) is 10.3. The van der Waals surface area contributed by atoms with E-state index in [1.165, 1.54) is 6.33 Å². The smallest absolute Gasteiger partial charge is 0.252 e. The molecule has 0 spiro atoms. The number of carbonyl (C=O) groups excluding carboxylic acids is 1. The number of nitrogens with one attached hydrogen (secondary N) is 3. The molecule has 0 radical (unpaired) electrons.